The van der Waals surface area contributed by atoms with Crippen LogP contribution in [-0.4, -0.2) is 61.5 Å². The summed E-state index contributed by atoms with van der Waals surface area (Å²) < 4.78 is 44.0. The first kappa shape index (κ1) is 31.3. The van der Waals surface area contributed by atoms with Gasteiger partial charge < -0.3 is 20.1 Å². The van der Waals surface area contributed by atoms with Gasteiger partial charge in [0.2, 0.25) is 0 Å². The number of carbonyl (C=O) groups is 1. The molecule has 0 unspecified atom stereocenters. The van der Waals surface area contributed by atoms with Crippen LogP contribution in [0, 0.1) is 0 Å². The van der Waals surface area contributed by atoms with E-state index in [1.165, 1.54) is 24.3 Å². The van der Waals surface area contributed by atoms with Crippen LogP contribution in [-0.2, 0) is 12.8 Å². The molecule has 2 heterocycles. The molecular weight excluding hydrogens is 580 g/mol. The van der Waals surface area contributed by atoms with E-state index < -0.39 is 12.3 Å². The van der Waals surface area contributed by atoms with Gasteiger partial charge in [0.1, 0.15) is 23.1 Å². The third-order valence-corrected chi connectivity index (χ3v) is 7.26. The first-order chi connectivity index (χ1) is 20.7. The van der Waals surface area contributed by atoms with Gasteiger partial charge in [0.25, 0.3) is 0 Å². The van der Waals surface area contributed by atoms with Crippen molar-refractivity contribution in [2.45, 2.75) is 38.1 Å². The number of rotatable bonds is 9. The van der Waals surface area contributed by atoms with Crippen molar-refractivity contribution >= 4 is 41.3 Å². The number of carboxylic acid groups (broad SMARTS) is 1. The van der Waals surface area contributed by atoms with Gasteiger partial charge in [-0.15, -0.1) is 13.2 Å². The molecule has 1 aliphatic carbocycles. The minimum absolute atomic E-state index is 0. The zero-order valence-electron chi connectivity index (χ0n) is 22.9. The molecule has 7 nitrogen and oxygen atoms in total. The molecule has 0 radical (unpaired) electrons. The summed E-state index contributed by atoms with van der Waals surface area (Å²) in [6.07, 6.45) is -2.47. The van der Waals surface area contributed by atoms with E-state index in [-0.39, 0.29) is 52.7 Å². The number of halogens is 3. The molecule has 0 spiro atoms. The summed E-state index contributed by atoms with van der Waals surface area (Å²) >= 11 is 0. The van der Waals surface area contributed by atoms with Crippen molar-refractivity contribution in [2.24, 2.45) is 0 Å². The number of aromatic carboxylic acids is 1. The summed E-state index contributed by atoms with van der Waals surface area (Å²) in [6, 6.07) is 26.4. The number of anilines is 1. The molecule has 6 rings (SSSR count). The molecule has 1 fully saturated rings. The number of alkyl halides is 3. The van der Waals surface area contributed by atoms with Crippen LogP contribution >= 0.6 is 0 Å². The Hall–Kier alpha value is -4.12. The number of nitrogen functional groups attached to an aromatic ring is 1. The van der Waals surface area contributed by atoms with Crippen LogP contribution in [0.4, 0.5) is 19.0 Å². The molecule has 0 bridgehead atoms. The predicted octanol–water partition coefficient (Wildman–Crippen LogP) is 6.66. The second-order valence-corrected chi connectivity index (χ2v) is 10.5. The maximum absolute atomic E-state index is 13.0. The number of benzene rings is 3. The van der Waals surface area contributed by atoms with Crippen LogP contribution in [0.15, 0.2) is 91.0 Å². The number of nitrogens with two attached hydrogens (primary N) is 1. The zero-order valence-corrected chi connectivity index (χ0v) is 22.9. The van der Waals surface area contributed by atoms with Crippen molar-refractivity contribution < 1.29 is 27.8 Å². The first-order valence-electron chi connectivity index (χ1n) is 13.7. The maximum atomic E-state index is 13.0. The van der Waals surface area contributed by atoms with E-state index in [2.05, 4.69) is 9.72 Å². The Morgan fingerprint density at radius 1 is 0.909 bits per heavy atom. The molecule has 0 amide bonds. The van der Waals surface area contributed by atoms with Crippen molar-refractivity contribution in [3.8, 4) is 28.4 Å². The summed E-state index contributed by atoms with van der Waals surface area (Å²) in [6.45, 7) is 0. The molecule has 5 aromatic rings. The molecule has 1 aliphatic rings. The third kappa shape index (κ3) is 6.99. The van der Waals surface area contributed by atoms with E-state index in [4.69, 9.17) is 10.7 Å². The monoisotopic (exact) mass is 608 g/mol. The van der Waals surface area contributed by atoms with Crippen molar-refractivity contribution in [2.75, 3.05) is 5.73 Å². The summed E-state index contributed by atoms with van der Waals surface area (Å²) in [7, 11) is 0. The average Bonchev–Trinajstić information content (AvgIpc) is 3.73. The van der Waals surface area contributed by atoms with Crippen molar-refractivity contribution in [3.63, 3.8) is 0 Å². The summed E-state index contributed by atoms with van der Waals surface area (Å²) in [5, 5.41) is 10.6. The minimum atomic E-state index is -4.83. The Balaban J connectivity index is 0.00000384. The SMILES string of the molecule is Nc1cc(Cc2ccccc2)c(-c2nc(-c3ccc(OC(F)(F)F)cc3)n(C3CC3)c2C(=O)O)c(Cc2ccccc2)n1.[NaH]. The Kier molecular flexibility index (Phi) is 9.15. The van der Waals surface area contributed by atoms with Crippen LogP contribution in [0.25, 0.3) is 22.6 Å². The Morgan fingerprint density at radius 3 is 2.05 bits per heavy atom. The van der Waals surface area contributed by atoms with E-state index in [1.807, 2.05) is 60.7 Å². The molecule has 0 aliphatic heterocycles. The van der Waals surface area contributed by atoms with Crippen molar-refractivity contribution in [1.82, 2.24) is 14.5 Å². The van der Waals surface area contributed by atoms with Crippen LogP contribution in [0.2, 0.25) is 0 Å². The molecule has 3 N–H and O–H groups in total. The number of hydrogen-bond donors (Lipinski definition) is 2. The number of ether oxygens (including phenoxy) is 1. The number of pyridine rings is 1. The summed E-state index contributed by atoms with van der Waals surface area (Å²) in [4.78, 5) is 22.5. The van der Waals surface area contributed by atoms with Gasteiger partial charge >= 0.3 is 41.9 Å². The fourth-order valence-electron chi connectivity index (χ4n) is 5.35. The number of hydrogen-bond acceptors (Lipinski definition) is 5. The molecular formula is C33H28F3N4NaO3. The van der Waals surface area contributed by atoms with Crippen LogP contribution < -0.4 is 10.5 Å². The number of carboxylic acids is 1. The van der Waals surface area contributed by atoms with Crippen molar-refractivity contribution in [3.05, 3.63) is 119 Å². The van der Waals surface area contributed by atoms with Gasteiger partial charge in [-0.3, -0.25) is 0 Å². The molecule has 1 saturated carbocycles. The molecule has 0 atom stereocenters. The standard InChI is InChI=1S/C33H27F3N4O3.Na.H/c34-33(35,36)43-25-15-11-22(12-16-25)31-39-29(30(32(41)42)40(31)24-13-14-24)28-23(17-20-7-3-1-4-8-20)19-27(37)38-26(28)18-21-9-5-2-6-10-21;;/h1-12,15-16,19,24H,13-14,17-18H2,(H2,37,38)(H,41,42);;. The van der Waals surface area contributed by atoms with Gasteiger partial charge in [0, 0.05) is 23.6 Å². The Labute approximate surface area is 273 Å². The van der Waals surface area contributed by atoms with E-state index >= 15 is 0 Å². The van der Waals surface area contributed by atoms with Crippen LogP contribution in [0.3, 0.4) is 0 Å². The Bertz CT molecular complexity index is 1710. The first-order valence-corrected chi connectivity index (χ1v) is 13.7. The zero-order chi connectivity index (χ0) is 30.1. The molecule has 44 heavy (non-hydrogen) atoms. The fourth-order valence-corrected chi connectivity index (χ4v) is 5.35. The van der Waals surface area contributed by atoms with Crippen LogP contribution in [0.1, 0.15) is 51.8 Å². The quantitative estimate of drug-likeness (QED) is 0.182. The summed E-state index contributed by atoms with van der Waals surface area (Å²) in [5.41, 5.74) is 10.9. The van der Waals surface area contributed by atoms with Crippen LogP contribution in [0.5, 0.6) is 5.75 Å². The van der Waals surface area contributed by atoms with E-state index in [1.54, 1.807) is 10.6 Å². The molecule has 220 valence electrons. The van der Waals surface area contributed by atoms with Gasteiger partial charge in [-0.2, -0.15) is 0 Å². The van der Waals surface area contributed by atoms with Gasteiger partial charge in [0.05, 0.1) is 5.69 Å². The van der Waals surface area contributed by atoms with E-state index in [9.17, 15) is 23.1 Å². The van der Waals surface area contributed by atoms with Gasteiger partial charge in [-0.05, 0) is 66.3 Å². The number of imidazole rings is 1. The third-order valence-electron chi connectivity index (χ3n) is 7.26. The van der Waals surface area contributed by atoms with E-state index in [0.29, 0.717) is 41.3 Å². The average molecular weight is 609 g/mol. The van der Waals surface area contributed by atoms with E-state index in [0.717, 1.165) is 29.5 Å². The number of nitrogens with zero attached hydrogens (tertiary/aromatic N) is 3. The van der Waals surface area contributed by atoms with Gasteiger partial charge in [-0.1, -0.05) is 60.7 Å². The van der Waals surface area contributed by atoms with Gasteiger partial charge in [0.15, 0.2) is 5.69 Å². The second kappa shape index (κ2) is 12.9. The normalized spacial score (nSPS) is 12.9. The fraction of sp³-hybridized carbons (Fsp3) is 0.182. The topological polar surface area (TPSA) is 103 Å². The number of aromatic nitrogens is 3. The molecule has 2 aromatic heterocycles. The molecule has 3 aromatic carbocycles. The second-order valence-electron chi connectivity index (χ2n) is 10.5. The predicted molar refractivity (Wildman–Crippen MR) is 163 cm³/mol. The molecule has 0 saturated heterocycles. The summed E-state index contributed by atoms with van der Waals surface area (Å²) in [5.74, 6) is -0.885. The molecule has 11 heteroatoms. The Morgan fingerprint density at radius 2 is 1.50 bits per heavy atom. The van der Waals surface area contributed by atoms with Gasteiger partial charge in [-0.25, -0.2) is 14.8 Å². The van der Waals surface area contributed by atoms with Crippen molar-refractivity contribution in [1.29, 1.82) is 0 Å².